The largest absolute Gasteiger partial charge is 0.497 e. The number of rotatable bonds is 9. The van der Waals surface area contributed by atoms with Gasteiger partial charge in [-0.05, 0) is 49.6 Å². The Bertz CT molecular complexity index is 421. The maximum absolute atomic E-state index is 11.5. The number of ether oxygens (including phenoxy) is 2. The molecule has 1 saturated carbocycles. The van der Waals surface area contributed by atoms with Crippen LogP contribution >= 0.6 is 12.4 Å². The molecule has 0 heterocycles. The van der Waals surface area contributed by atoms with Crippen LogP contribution in [0.1, 0.15) is 12.8 Å². The smallest absolute Gasteiger partial charge is 0.234 e. The highest BCUT2D eigenvalue weighted by molar-refractivity contribution is 5.85. The average molecular weight is 315 g/mol. The molecule has 5 nitrogen and oxygen atoms in total. The van der Waals surface area contributed by atoms with Crippen molar-refractivity contribution >= 4 is 18.3 Å². The molecule has 1 aromatic rings. The van der Waals surface area contributed by atoms with E-state index in [1.165, 1.54) is 12.8 Å². The van der Waals surface area contributed by atoms with Crippen molar-refractivity contribution in [1.82, 2.24) is 10.6 Å². The van der Waals surface area contributed by atoms with E-state index in [9.17, 15) is 4.79 Å². The zero-order valence-electron chi connectivity index (χ0n) is 12.3. The highest BCUT2D eigenvalue weighted by Crippen LogP contribution is 2.27. The molecule has 1 fully saturated rings. The maximum atomic E-state index is 11.5. The van der Waals surface area contributed by atoms with Gasteiger partial charge >= 0.3 is 0 Å². The summed E-state index contributed by atoms with van der Waals surface area (Å²) in [6.07, 6.45) is 2.59. The van der Waals surface area contributed by atoms with Gasteiger partial charge in [-0.2, -0.15) is 0 Å². The third kappa shape index (κ3) is 7.20. The molecule has 1 aromatic carbocycles. The number of hydrogen-bond donors (Lipinski definition) is 2. The number of nitrogens with one attached hydrogen (secondary N) is 2. The minimum atomic E-state index is 0. The minimum absolute atomic E-state index is 0. The van der Waals surface area contributed by atoms with Gasteiger partial charge in [0, 0.05) is 0 Å². The molecule has 2 N–H and O–H groups in total. The molecule has 1 aliphatic rings. The Labute approximate surface area is 131 Å². The first-order chi connectivity index (χ1) is 9.78. The number of benzene rings is 1. The van der Waals surface area contributed by atoms with E-state index < -0.39 is 0 Å². The van der Waals surface area contributed by atoms with E-state index >= 15 is 0 Å². The van der Waals surface area contributed by atoms with Crippen molar-refractivity contribution < 1.29 is 14.3 Å². The Morgan fingerprint density at radius 1 is 1.24 bits per heavy atom. The Hall–Kier alpha value is -1.46. The number of carbonyl (C=O) groups is 1. The van der Waals surface area contributed by atoms with E-state index in [0.717, 1.165) is 24.0 Å². The van der Waals surface area contributed by atoms with Gasteiger partial charge in [-0.1, -0.05) is 0 Å². The predicted molar refractivity (Wildman–Crippen MR) is 84.3 cm³/mol. The summed E-state index contributed by atoms with van der Waals surface area (Å²) < 4.78 is 10.6. The molecule has 0 aliphatic heterocycles. The standard InChI is InChI=1S/C15H22N2O3.ClH/c1-19-13-4-6-14(7-5-13)20-9-8-17-15(18)11-16-10-12-2-3-12;/h4-7,12,16H,2-3,8-11H2,1H3,(H,17,18);1H. The molecular formula is C15H23ClN2O3. The van der Waals surface area contributed by atoms with Crippen molar-refractivity contribution in [3.63, 3.8) is 0 Å². The molecule has 0 atom stereocenters. The highest BCUT2D eigenvalue weighted by Gasteiger charge is 2.20. The van der Waals surface area contributed by atoms with Crippen LogP contribution < -0.4 is 20.1 Å². The molecule has 0 unspecified atom stereocenters. The van der Waals surface area contributed by atoms with Crippen LogP contribution in [0.15, 0.2) is 24.3 Å². The fourth-order valence-corrected chi connectivity index (χ4v) is 1.81. The van der Waals surface area contributed by atoms with Crippen LogP contribution in [0.2, 0.25) is 0 Å². The third-order valence-electron chi connectivity index (χ3n) is 3.17. The van der Waals surface area contributed by atoms with Crippen molar-refractivity contribution in [3.8, 4) is 11.5 Å². The summed E-state index contributed by atoms with van der Waals surface area (Å²) >= 11 is 0. The van der Waals surface area contributed by atoms with Crippen LogP contribution in [0.4, 0.5) is 0 Å². The van der Waals surface area contributed by atoms with Gasteiger partial charge in [0.2, 0.25) is 5.91 Å². The Kier molecular flexibility index (Phi) is 7.93. The van der Waals surface area contributed by atoms with Gasteiger partial charge in [-0.25, -0.2) is 0 Å². The zero-order valence-corrected chi connectivity index (χ0v) is 13.1. The summed E-state index contributed by atoms with van der Waals surface area (Å²) in [7, 11) is 1.63. The van der Waals surface area contributed by atoms with Gasteiger partial charge < -0.3 is 20.1 Å². The molecular weight excluding hydrogens is 292 g/mol. The molecule has 0 bridgehead atoms. The van der Waals surface area contributed by atoms with E-state index in [4.69, 9.17) is 9.47 Å². The average Bonchev–Trinajstić information content (AvgIpc) is 3.28. The first kappa shape index (κ1) is 17.6. The number of halogens is 1. The number of carbonyl (C=O) groups excluding carboxylic acids is 1. The van der Waals surface area contributed by atoms with Gasteiger partial charge in [0.1, 0.15) is 18.1 Å². The van der Waals surface area contributed by atoms with Crippen molar-refractivity contribution in [2.45, 2.75) is 12.8 Å². The predicted octanol–water partition coefficient (Wildman–Crippen LogP) is 1.61. The van der Waals surface area contributed by atoms with Gasteiger partial charge in [-0.3, -0.25) is 4.79 Å². The zero-order chi connectivity index (χ0) is 14.2. The first-order valence-electron chi connectivity index (χ1n) is 7.02. The van der Waals surface area contributed by atoms with Gasteiger partial charge in [0.05, 0.1) is 20.2 Å². The van der Waals surface area contributed by atoms with Crippen LogP contribution in [-0.4, -0.2) is 39.3 Å². The second kappa shape index (κ2) is 9.47. The Morgan fingerprint density at radius 3 is 2.52 bits per heavy atom. The van der Waals surface area contributed by atoms with Gasteiger partial charge in [-0.15, -0.1) is 12.4 Å². The topological polar surface area (TPSA) is 59.6 Å². The second-order valence-corrected chi connectivity index (χ2v) is 4.95. The lowest BCUT2D eigenvalue weighted by Crippen LogP contribution is -2.36. The molecule has 118 valence electrons. The molecule has 0 spiro atoms. The van der Waals surface area contributed by atoms with E-state index in [0.29, 0.717) is 19.7 Å². The maximum Gasteiger partial charge on any atom is 0.234 e. The van der Waals surface area contributed by atoms with Crippen molar-refractivity contribution in [1.29, 1.82) is 0 Å². The first-order valence-corrected chi connectivity index (χ1v) is 7.02. The van der Waals surface area contributed by atoms with Gasteiger partial charge in [0.15, 0.2) is 0 Å². The Morgan fingerprint density at radius 2 is 1.90 bits per heavy atom. The molecule has 1 amide bonds. The second-order valence-electron chi connectivity index (χ2n) is 4.95. The quantitative estimate of drug-likeness (QED) is 0.680. The summed E-state index contributed by atoms with van der Waals surface area (Å²) in [6.45, 7) is 2.31. The fourth-order valence-electron chi connectivity index (χ4n) is 1.81. The van der Waals surface area contributed by atoms with Crippen molar-refractivity contribution in [2.75, 3.05) is 33.4 Å². The van der Waals surface area contributed by atoms with Crippen LogP contribution in [0.5, 0.6) is 11.5 Å². The van der Waals surface area contributed by atoms with E-state index in [1.54, 1.807) is 7.11 Å². The van der Waals surface area contributed by atoms with Crippen LogP contribution in [0.25, 0.3) is 0 Å². The summed E-state index contributed by atoms with van der Waals surface area (Å²) in [5.41, 5.74) is 0. The molecule has 1 aliphatic carbocycles. The Balaban J connectivity index is 0.00000220. The number of hydrogen-bond acceptors (Lipinski definition) is 4. The lowest BCUT2D eigenvalue weighted by atomic mass is 10.3. The number of methoxy groups -OCH3 is 1. The third-order valence-corrected chi connectivity index (χ3v) is 3.17. The lowest BCUT2D eigenvalue weighted by Gasteiger charge is -2.08. The molecule has 2 rings (SSSR count). The monoisotopic (exact) mass is 314 g/mol. The molecule has 0 saturated heterocycles. The summed E-state index contributed by atoms with van der Waals surface area (Å²) in [5, 5.41) is 5.97. The van der Waals surface area contributed by atoms with Crippen molar-refractivity contribution in [3.05, 3.63) is 24.3 Å². The normalized spacial score (nSPS) is 13.2. The molecule has 0 radical (unpaired) electrons. The van der Waals surface area contributed by atoms with Gasteiger partial charge in [0.25, 0.3) is 0 Å². The van der Waals surface area contributed by atoms with E-state index in [-0.39, 0.29) is 18.3 Å². The summed E-state index contributed by atoms with van der Waals surface area (Å²) in [6, 6.07) is 7.38. The SMILES string of the molecule is COc1ccc(OCCNC(=O)CNCC2CC2)cc1.Cl. The van der Waals surface area contributed by atoms with E-state index in [1.807, 2.05) is 24.3 Å². The lowest BCUT2D eigenvalue weighted by molar-refractivity contribution is -0.120. The molecule has 21 heavy (non-hydrogen) atoms. The molecule has 0 aromatic heterocycles. The summed E-state index contributed by atoms with van der Waals surface area (Å²) in [4.78, 5) is 11.5. The fraction of sp³-hybridized carbons (Fsp3) is 0.533. The minimum Gasteiger partial charge on any atom is -0.497 e. The van der Waals surface area contributed by atoms with Crippen LogP contribution in [-0.2, 0) is 4.79 Å². The van der Waals surface area contributed by atoms with E-state index in [2.05, 4.69) is 10.6 Å². The van der Waals surface area contributed by atoms with Crippen molar-refractivity contribution in [2.24, 2.45) is 5.92 Å². The molecule has 6 heteroatoms. The van der Waals surface area contributed by atoms with Crippen LogP contribution in [0.3, 0.4) is 0 Å². The summed E-state index contributed by atoms with van der Waals surface area (Å²) in [5.74, 6) is 2.38. The number of amides is 1. The van der Waals surface area contributed by atoms with Crippen LogP contribution in [0, 0.1) is 5.92 Å². The highest BCUT2D eigenvalue weighted by atomic mass is 35.5.